The standard InChI is InChI=1S/C9H12N4O2S3/c1-5(2)3-16-8-12-13-9(18-8)17-4-6(14)11-7(10)15/h1,3-4H2,2H3,(H3,10,11,14,15). The first kappa shape index (κ1) is 15.0. The summed E-state index contributed by atoms with van der Waals surface area (Å²) in [6.07, 6.45) is 0. The molecule has 6 nitrogen and oxygen atoms in total. The lowest BCUT2D eigenvalue weighted by Gasteiger charge is -1.97. The third-order valence-electron chi connectivity index (χ3n) is 1.42. The first-order valence-corrected chi connectivity index (χ1v) is 7.59. The van der Waals surface area contributed by atoms with Crippen molar-refractivity contribution >= 4 is 46.8 Å². The van der Waals surface area contributed by atoms with E-state index in [0.29, 0.717) is 4.34 Å². The first-order chi connectivity index (χ1) is 8.47. The van der Waals surface area contributed by atoms with E-state index in [9.17, 15) is 9.59 Å². The van der Waals surface area contributed by atoms with Gasteiger partial charge in [0.1, 0.15) is 0 Å². The Labute approximate surface area is 117 Å². The molecule has 0 spiro atoms. The van der Waals surface area contributed by atoms with Gasteiger partial charge in [0.2, 0.25) is 5.91 Å². The number of thioether (sulfide) groups is 2. The predicted molar refractivity (Wildman–Crippen MR) is 73.9 cm³/mol. The molecule has 1 aromatic heterocycles. The van der Waals surface area contributed by atoms with E-state index in [1.54, 1.807) is 11.8 Å². The van der Waals surface area contributed by atoms with Crippen LogP contribution in [0.2, 0.25) is 0 Å². The van der Waals surface area contributed by atoms with Crippen molar-refractivity contribution in [3.05, 3.63) is 12.2 Å². The van der Waals surface area contributed by atoms with Crippen LogP contribution >= 0.6 is 34.9 Å². The Morgan fingerprint density at radius 3 is 2.39 bits per heavy atom. The van der Waals surface area contributed by atoms with Crippen molar-refractivity contribution < 1.29 is 9.59 Å². The van der Waals surface area contributed by atoms with Gasteiger partial charge in [-0.25, -0.2) is 4.79 Å². The summed E-state index contributed by atoms with van der Waals surface area (Å²) in [4.78, 5) is 21.6. The van der Waals surface area contributed by atoms with Gasteiger partial charge >= 0.3 is 6.03 Å². The molecular weight excluding hydrogens is 292 g/mol. The van der Waals surface area contributed by atoms with Crippen LogP contribution in [0.5, 0.6) is 0 Å². The monoisotopic (exact) mass is 304 g/mol. The highest BCUT2D eigenvalue weighted by Crippen LogP contribution is 2.29. The van der Waals surface area contributed by atoms with Crippen LogP contribution in [0.4, 0.5) is 4.79 Å². The normalized spacial score (nSPS) is 10.1. The zero-order valence-corrected chi connectivity index (χ0v) is 12.1. The number of carbonyl (C=O) groups excluding carboxylic acids is 2. The molecule has 3 amide bonds. The number of hydrogen-bond acceptors (Lipinski definition) is 7. The molecule has 0 atom stereocenters. The van der Waals surface area contributed by atoms with E-state index in [-0.39, 0.29) is 5.75 Å². The number of carbonyl (C=O) groups is 2. The highest BCUT2D eigenvalue weighted by molar-refractivity contribution is 8.03. The summed E-state index contributed by atoms with van der Waals surface area (Å²) in [6, 6.07) is -0.851. The van der Waals surface area contributed by atoms with E-state index in [0.717, 1.165) is 15.7 Å². The van der Waals surface area contributed by atoms with Gasteiger partial charge in [0.25, 0.3) is 0 Å². The van der Waals surface area contributed by atoms with Gasteiger partial charge in [-0.15, -0.1) is 10.2 Å². The van der Waals surface area contributed by atoms with E-state index in [1.165, 1.54) is 23.1 Å². The van der Waals surface area contributed by atoms with Crippen molar-refractivity contribution in [2.24, 2.45) is 5.73 Å². The minimum atomic E-state index is -0.851. The average Bonchev–Trinajstić information content (AvgIpc) is 2.70. The van der Waals surface area contributed by atoms with Crippen molar-refractivity contribution in [1.82, 2.24) is 15.5 Å². The lowest BCUT2D eigenvalue weighted by atomic mass is 10.4. The molecule has 0 fully saturated rings. The Morgan fingerprint density at radius 2 is 1.89 bits per heavy atom. The molecule has 3 N–H and O–H groups in total. The van der Waals surface area contributed by atoms with Crippen molar-refractivity contribution in [2.45, 2.75) is 15.6 Å². The molecule has 0 aliphatic carbocycles. The van der Waals surface area contributed by atoms with Crippen LogP contribution in [-0.4, -0.2) is 33.6 Å². The Bertz CT molecular complexity index is 460. The van der Waals surface area contributed by atoms with Gasteiger partial charge in [-0.05, 0) is 6.92 Å². The SMILES string of the molecule is C=C(C)CSc1nnc(SCC(=O)NC(N)=O)s1. The minimum absolute atomic E-state index is 0.0860. The summed E-state index contributed by atoms with van der Waals surface area (Å²) in [7, 11) is 0. The number of nitrogens with zero attached hydrogens (tertiary/aromatic N) is 2. The minimum Gasteiger partial charge on any atom is -0.351 e. The van der Waals surface area contributed by atoms with E-state index in [2.05, 4.69) is 16.8 Å². The topological polar surface area (TPSA) is 98.0 Å². The maximum absolute atomic E-state index is 11.2. The van der Waals surface area contributed by atoms with Gasteiger partial charge in [0.15, 0.2) is 8.68 Å². The summed E-state index contributed by atoms with van der Waals surface area (Å²) in [6.45, 7) is 5.74. The quantitative estimate of drug-likeness (QED) is 0.610. The number of nitrogens with two attached hydrogens (primary N) is 1. The molecule has 1 aromatic rings. The summed E-state index contributed by atoms with van der Waals surface area (Å²) in [5, 5.41) is 9.88. The zero-order valence-electron chi connectivity index (χ0n) is 9.63. The number of aromatic nitrogens is 2. The highest BCUT2D eigenvalue weighted by Gasteiger charge is 2.09. The van der Waals surface area contributed by atoms with Gasteiger partial charge in [0.05, 0.1) is 5.75 Å². The van der Waals surface area contributed by atoms with Gasteiger partial charge in [0, 0.05) is 5.75 Å². The molecule has 0 unspecified atom stereocenters. The van der Waals surface area contributed by atoms with Crippen LogP contribution in [0.25, 0.3) is 0 Å². The Hall–Kier alpha value is -1.06. The summed E-state index contributed by atoms with van der Waals surface area (Å²) >= 11 is 4.17. The lowest BCUT2D eigenvalue weighted by Crippen LogP contribution is -2.36. The van der Waals surface area contributed by atoms with Crippen molar-refractivity contribution in [3.8, 4) is 0 Å². The van der Waals surface area contributed by atoms with Crippen molar-refractivity contribution in [3.63, 3.8) is 0 Å². The Balaban J connectivity index is 2.37. The number of imide groups is 1. The summed E-state index contributed by atoms with van der Waals surface area (Å²) < 4.78 is 1.51. The van der Waals surface area contributed by atoms with Crippen LogP contribution in [0.1, 0.15) is 6.92 Å². The molecule has 0 bridgehead atoms. The number of primary amides is 1. The van der Waals surface area contributed by atoms with Gasteiger partial charge in [-0.1, -0.05) is 47.0 Å². The fourth-order valence-corrected chi connectivity index (χ4v) is 3.46. The molecule has 1 heterocycles. The third-order valence-corrected chi connectivity index (χ3v) is 4.84. The fourth-order valence-electron chi connectivity index (χ4n) is 0.800. The molecular formula is C9H12N4O2S3. The summed E-state index contributed by atoms with van der Waals surface area (Å²) in [5.74, 6) is 0.434. The predicted octanol–water partition coefficient (Wildman–Crippen LogP) is 1.49. The molecule has 0 saturated heterocycles. The molecule has 0 saturated carbocycles. The Kier molecular flexibility index (Phi) is 6.16. The molecule has 0 aliphatic heterocycles. The average molecular weight is 304 g/mol. The summed E-state index contributed by atoms with van der Waals surface area (Å²) in [5.41, 5.74) is 5.88. The number of nitrogens with one attached hydrogen (secondary N) is 1. The molecule has 0 radical (unpaired) electrons. The molecule has 0 aromatic carbocycles. The number of urea groups is 1. The van der Waals surface area contributed by atoms with E-state index < -0.39 is 11.9 Å². The maximum atomic E-state index is 11.2. The second-order valence-electron chi connectivity index (χ2n) is 3.28. The zero-order chi connectivity index (χ0) is 13.5. The largest absolute Gasteiger partial charge is 0.351 e. The third kappa shape index (κ3) is 6.03. The van der Waals surface area contributed by atoms with Crippen molar-refractivity contribution in [1.29, 1.82) is 0 Å². The smallest absolute Gasteiger partial charge is 0.318 e. The van der Waals surface area contributed by atoms with E-state index in [1.807, 2.05) is 12.2 Å². The number of amides is 3. The van der Waals surface area contributed by atoms with Crippen molar-refractivity contribution in [2.75, 3.05) is 11.5 Å². The van der Waals surface area contributed by atoms with Crippen LogP contribution in [0.3, 0.4) is 0 Å². The van der Waals surface area contributed by atoms with E-state index >= 15 is 0 Å². The second-order valence-corrected chi connectivity index (χ2v) is 6.70. The lowest BCUT2D eigenvalue weighted by molar-refractivity contribution is -0.117. The van der Waals surface area contributed by atoms with E-state index in [4.69, 9.17) is 5.73 Å². The highest BCUT2D eigenvalue weighted by atomic mass is 32.2. The van der Waals surface area contributed by atoms with Crippen LogP contribution in [-0.2, 0) is 4.79 Å². The Morgan fingerprint density at radius 1 is 1.33 bits per heavy atom. The van der Waals surface area contributed by atoms with Crippen LogP contribution in [0, 0.1) is 0 Å². The number of hydrogen-bond donors (Lipinski definition) is 2. The second kappa shape index (κ2) is 7.39. The van der Waals surface area contributed by atoms with Gasteiger partial charge in [-0.3, -0.25) is 10.1 Å². The molecule has 9 heteroatoms. The van der Waals surface area contributed by atoms with Gasteiger partial charge < -0.3 is 5.73 Å². The fraction of sp³-hybridized carbons (Fsp3) is 0.333. The van der Waals surface area contributed by atoms with Crippen LogP contribution < -0.4 is 11.1 Å². The van der Waals surface area contributed by atoms with Gasteiger partial charge in [-0.2, -0.15) is 0 Å². The van der Waals surface area contributed by atoms with Crippen LogP contribution in [0.15, 0.2) is 20.8 Å². The molecule has 0 aliphatic rings. The first-order valence-electron chi connectivity index (χ1n) is 4.80. The number of rotatable bonds is 6. The molecule has 98 valence electrons. The molecule has 1 rings (SSSR count). The maximum Gasteiger partial charge on any atom is 0.318 e. The molecule has 18 heavy (non-hydrogen) atoms.